The van der Waals surface area contributed by atoms with E-state index in [0.717, 1.165) is 27.5 Å². The Morgan fingerprint density at radius 3 is 2.32 bits per heavy atom. The van der Waals surface area contributed by atoms with E-state index in [2.05, 4.69) is 5.32 Å². The maximum atomic E-state index is 12.6. The van der Waals surface area contributed by atoms with Crippen molar-refractivity contribution in [2.45, 2.75) is 32.7 Å². The molecular formula is C24H25NO3. The largest absolute Gasteiger partial charge is 0.467 e. The standard InChI is InChI=1S/C24H25NO3/c1-16-8-9-18(12-17(16)2)14-22(24(27)28-3)25-23(26)15-19-10-11-20-6-4-5-7-21(20)13-19/h4-13,22H,14-15H2,1-3H3,(H,25,26)/t22-/m0/s1. The average Bonchev–Trinajstić information content (AvgIpc) is 2.69. The van der Waals surface area contributed by atoms with Gasteiger partial charge >= 0.3 is 5.97 Å². The lowest BCUT2D eigenvalue weighted by molar-refractivity contribution is -0.145. The minimum Gasteiger partial charge on any atom is -0.467 e. The molecular weight excluding hydrogens is 350 g/mol. The van der Waals surface area contributed by atoms with Gasteiger partial charge in [-0.3, -0.25) is 4.79 Å². The Balaban J connectivity index is 1.71. The van der Waals surface area contributed by atoms with E-state index in [1.165, 1.54) is 12.7 Å². The van der Waals surface area contributed by atoms with Crippen molar-refractivity contribution in [1.82, 2.24) is 5.32 Å². The summed E-state index contributed by atoms with van der Waals surface area (Å²) in [6.45, 7) is 4.08. The van der Waals surface area contributed by atoms with Crippen LogP contribution in [0.5, 0.6) is 0 Å². The van der Waals surface area contributed by atoms with Crippen LogP contribution in [0.3, 0.4) is 0 Å². The number of amides is 1. The molecule has 0 aliphatic carbocycles. The molecule has 28 heavy (non-hydrogen) atoms. The van der Waals surface area contributed by atoms with Gasteiger partial charge in [-0.05, 0) is 46.9 Å². The molecule has 0 saturated heterocycles. The fourth-order valence-electron chi connectivity index (χ4n) is 3.28. The quantitative estimate of drug-likeness (QED) is 0.665. The van der Waals surface area contributed by atoms with Gasteiger partial charge in [0.1, 0.15) is 6.04 Å². The number of carbonyl (C=O) groups is 2. The summed E-state index contributed by atoms with van der Waals surface area (Å²) in [6, 6.07) is 19.3. The normalized spacial score (nSPS) is 11.8. The summed E-state index contributed by atoms with van der Waals surface area (Å²) in [7, 11) is 1.34. The Morgan fingerprint density at radius 1 is 0.893 bits per heavy atom. The van der Waals surface area contributed by atoms with Crippen molar-refractivity contribution in [1.29, 1.82) is 0 Å². The van der Waals surface area contributed by atoms with Crippen LogP contribution in [-0.2, 0) is 27.2 Å². The number of hydrogen-bond donors (Lipinski definition) is 1. The number of hydrogen-bond acceptors (Lipinski definition) is 3. The highest BCUT2D eigenvalue weighted by atomic mass is 16.5. The van der Waals surface area contributed by atoms with Crippen LogP contribution in [0, 0.1) is 13.8 Å². The summed E-state index contributed by atoms with van der Waals surface area (Å²) in [5.74, 6) is -0.639. The molecule has 1 amide bonds. The number of nitrogens with one attached hydrogen (secondary N) is 1. The second kappa shape index (κ2) is 8.70. The van der Waals surface area contributed by atoms with Crippen LogP contribution in [0.2, 0.25) is 0 Å². The molecule has 0 fully saturated rings. The van der Waals surface area contributed by atoms with Crippen LogP contribution in [-0.4, -0.2) is 25.0 Å². The van der Waals surface area contributed by atoms with E-state index in [1.807, 2.05) is 74.5 Å². The highest BCUT2D eigenvalue weighted by Gasteiger charge is 2.22. The molecule has 0 unspecified atom stereocenters. The third-order valence-electron chi connectivity index (χ3n) is 5.01. The minimum absolute atomic E-state index is 0.200. The molecule has 0 spiro atoms. The van der Waals surface area contributed by atoms with Crippen molar-refractivity contribution in [3.8, 4) is 0 Å². The molecule has 4 heteroatoms. The van der Waals surface area contributed by atoms with Gasteiger partial charge in [-0.1, -0.05) is 60.7 Å². The van der Waals surface area contributed by atoms with Gasteiger partial charge in [-0.15, -0.1) is 0 Å². The lowest BCUT2D eigenvalue weighted by Crippen LogP contribution is -2.43. The topological polar surface area (TPSA) is 55.4 Å². The maximum Gasteiger partial charge on any atom is 0.328 e. The molecule has 0 aliphatic rings. The van der Waals surface area contributed by atoms with E-state index in [0.29, 0.717) is 6.42 Å². The number of ether oxygens (including phenoxy) is 1. The molecule has 1 atom stereocenters. The van der Waals surface area contributed by atoms with Crippen LogP contribution in [0.1, 0.15) is 22.3 Å². The molecule has 0 aliphatic heterocycles. The first-order valence-electron chi connectivity index (χ1n) is 9.37. The van der Waals surface area contributed by atoms with E-state index >= 15 is 0 Å². The van der Waals surface area contributed by atoms with Gasteiger partial charge in [0.05, 0.1) is 13.5 Å². The lowest BCUT2D eigenvalue weighted by Gasteiger charge is -2.17. The van der Waals surface area contributed by atoms with Gasteiger partial charge in [0.25, 0.3) is 0 Å². The Kier molecular flexibility index (Phi) is 6.09. The molecule has 0 heterocycles. The molecule has 4 nitrogen and oxygen atoms in total. The van der Waals surface area contributed by atoms with Crippen molar-refractivity contribution < 1.29 is 14.3 Å². The summed E-state index contributed by atoms with van der Waals surface area (Å²) in [5.41, 5.74) is 4.25. The molecule has 3 aromatic carbocycles. The van der Waals surface area contributed by atoms with Crippen LogP contribution in [0.15, 0.2) is 60.7 Å². The van der Waals surface area contributed by atoms with Gasteiger partial charge in [-0.25, -0.2) is 4.79 Å². The van der Waals surface area contributed by atoms with Crippen LogP contribution in [0.25, 0.3) is 10.8 Å². The number of carbonyl (C=O) groups excluding carboxylic acids is 2. The predicted octanol–water partition coefficient (Wildman–Crippen LogP) is 3.90. The number of methoxy groups -OCH3 is 1. The lowest BCUT2D eigenvalue weighted by atomic mass is 10.0. The fraction of sp³-hybridized carbons (Fsp3) is 0.250. The number of fused-ring (bicyclic) bond motifs is 1. The van der Waals surface area contributed by atoms with Crippen LogP contribution < -0.4 is 5.32 Å². The third-order valence-corrected chi connectivity index (χ3v) is 5.01. The summed E-state index contributed by atoms with van der Waals surface area (Å²) < 4.78 is 4.89. The van der Waals surface area contributed by atoms with Gasteiger partial charge in [0.2, 0.25) is 5.91 Å². The Labute approximate surface area is 165 Å². The molecule has 3 rings (SSSR count). The van der Waals surface area contributed by atoms with E-state index in [4.69, 9.17) is 4.74 Å². The molecule has 0 saturated carbocycles. The molecule has 3 aromatic rings. The predicted molar refractivity (Wildman–Crippen MR) is 111 cm³/mol. The van der Waals surface area contributed by atoms with Crippen molar-refractivity contribution in [2.24, 2.45) is 0 Å². The molecule has 0 bridgehead atoms. The zero-order valence-electron chi connectivity index (χ0n) is 16.5. The summed E-state index contributed by atoms with van der Waals surface area (Å²) >= 11 is 0. The van der Waals surface area contributed by atoms with Crippen molar-refractivity contribution in [2.75, 3.05) is 7.11 Å². The number of esters is 1. The minimum atomic E-state index is -0.708. The van der Waals surface area contributed by atoms with Crippen LogP contribution in [0.4, 0.5) is 0 Å². The van der Waals surface area contributed by atoms with E-state index in [-0.39, 0.29) is 12.3 Å². The SMILES string of the molecule is COC(=O)[C@H](Cc1ccc(C)c(C)c1)NC(=O)Cc1ccc2ccccc2c1. The van der Waals surface area contributed by atoms with Crippen molar-refractivity contribution in [3.05, 3.63) is 82.9 Å². The summed E-state index contributed by atoms with van der Waals surface area (Å²) in [5, 5.41) is 5.06. The van der Waals surface area contributed by atoms with E-state index in [1.54, 1.807) is 0 Å². The highest BCUT2D eigenvalue weighted by Crippen LogP contribution is 2.16. The second-order valence-corrected chi connectivity index (χ2v) is 7.12. The van der Waals surface area contributed by atoms with Gasteiger partial charge < -0.3 is 10.1 Å². The second-order valence-electron chi connectivity index (χ2n) is 7.12. The molecule has 1 N–H and O–H groups in total. The smallest absolute Gasteiger partial charge is 0.328 e. The van der Waals surface area contributed by atoms with Crippen molar-refractivity contribution in [3.63, 3.8) is 0 Å². The number of rotatable bonds is 6. The first kappa shape index (κ1) is 19.6. The van der Waals surface area contributed by atoms with Gasteiger partial charge in [0, 0.05) is 6.42 Å². The molecule has 0 aromatic heterocycles. The maximum absolute atomic E-state index is 12.6. The van der Waals surface area contributed by atoms with Gasteiger partial charge in [-0.2, -0.15) is 0 Å². The van der Waals surface area contributed by atoms with Gasteiger partial charge in [0.15, 0.2) is 0 Å². The van der Waals surface area contributed by atoms with Crippen LogP contribution >= 0.6 is 0 Å². The summed E-state index contributed by atoms with van der Waals surface area (Å²) in [6.07, 6.45) is 0.614. The Morgan fingerprint density at radius 2 is 1.61 bits per heavy atom. The first-order valence-corrected chi connectivity index (χ1v) is 9.37. The highest BCUT2D eigenvalue weighted by molar-refractivity contribution is 5.88. The zero-order valence-corrected chi connectivity index (χ0v) is 16.5. The Hall–Kier alpha value is -3.14. The van der Waals surface area contributed by atoms with E-state index < -0.39 is 12.0 Å². The average molecular weight is 375 g/mol. The molecule has 144 valence electrons. The molecule has 0 radical (unpaired) electrons. The fourth-order valence-corrected chi connectivity index (χ4v) is 3.28. The van der Waals surface area contributed by atoms with Crippen molar-refractivity contribution >= 4 is 22.6 Å². The number of aryl methyl sites for hydroxylation is 2. The monoisotopic (exact) mass is 375 g/mol. The zero-order chi connectivity index (χ0) is 20.1. The summed E-state index contributed by atoms with van der Waals surface area (Å²) in [4.78, 5) is 24.8. The Bertz CT molecular complexity index is 1010. The number of benzene rings is 3. The third kappa shape index (κ3) is 4.77. The van der Waals surface area contributed by atoms with E-state index in [9.17, 15) is 9.59 Å². The first-order chi connectivity index (χ1) is 13.5.